The summed E-state index contributed by atoms with van der Waals surface area (Å²) in [7, 11) is 0. The Bertz CT molecular complexity index is 439. The number of hydrogen-bond donors (Lipinski definition) is 2. The monoisotopic (exact) mass is 255 g/mol. The molecule has 5 nitrogen and oxygen atoms in total. The molecule has 1 saturated heterocycles. The standard InChI is InChI=1S/C11H14ClN3O2/c12-9-3-8(11(16)17)5-14-10(9)15-2-1-7(4-13)6-15/h3,5,7H,1-2,4,6,13H2,(H,16,17). The van der Waals surface area contributed by atoms with Crippen molar-refractivity contribution in [2.24, 2.45) is 11.7 Å². The molecule has 1 aliphatic heterocycles. The lowest BCUT2D eigenvalue weighted by Gasteiger charge is -2.18. The molecule has 1 fully saturated rings. The van der Waals surface area contributed by atoms with Gasteiger partial charge in [-0.15, -0.1) is 0 Å². The Labute approximate surface area is 104 Å². The molecular formula is C11H14ClN3O2. The molecular weight excluding hydrogens is 242 g/mol. The number of halogens is 1. The molecule has 0 amide bonds. The van der Waals surface area contributed by atoms with Gasteiger partial charge >= 0.3 is 5.97 Å². The zero-order chi connectivity index (χ0) is 12.4. The summed E-state index contributed by atoms with van der Waals surface area (Å²) in [5.41, 5.74) is 5.72. The van der Waals surface area contributed by atoms with Gasteiger partial charge in [0.05, 0.1) is 10.6 Å². The van der Waals surface area contributed by atoms with Gasteiger partial charge in [0.2, 0.25) is 0 Å². The Morgan fingerprint density at radius 1 is 1.71 bits per heavy atom. The average molecular weight is 256 g/mol. The van der Waals surface area contributed by atoms with Crippen LogP contribution in [-0.4, -0.2) is 35.7 Å². The summed E-state index contributed by atoms with van der Waals surface area (Å²) in [6, 6.07) is 1.43. The number of hydrogen-bond acceptors (Lipinski definition) is 4. The molecule has 0 saturated carbocycles. The van der Waals surface area contributed by atoms with E-state index in [4.69, 9.17) is 22.4 Å². The van der Waals surface area contributed by atoms with E-state index in [9.17, 15) is 4.79 Å². The van der Waals surface area contributed by atoms with E-state index in [1.54, 1.807) is 0 Å². The smallest absolute Gasteiger partial charge is 0.337 e. The highest BCUT2D eigenvalue weighted by atomic mass is 35.5. The molecule has 1 atom stereocenters. The molecule has 2 rings (SSSR count). The molecule has 1 aromatic rings. The number of carbonyl (C=O) groups is 1. The summed E-state index contributed by atoms with van der Waals surface area (Å²) < 4.78 is 0. The van der Waals surface area contributed by atoms with Crippen LogP contribution in [-0.2, 0) is 0 Å². The van der Waals surface area contributed by atoms with Gasteiger partial charge in [0, 0.05) is 19.3 Å². The zero-order valence-electron chi connectivity index (χ0n) is 9.27. The van der Waals surface area contributed by atoms with Gasteiger partial charge in [-0.1, -0.05) is 11.6 Å². The van der Waals surface area contributed by atoms with Crippen LogP contribution in [0.15, 0.2) is 12.3 Å². The zero-order valence-corrected chi connectivity index (χ0v) is 10.0. The van der Waals surface area contributed by atoms with E-state index in [1.165, 1.54) is 12.3 Å². The molecule has 92 valence electrons. The second kappa shape index (κ2) is 4.89. The van der Waals surface area contributed by atoms with Crippen molar-refractivity contribution in [2.45, 2.75) is 6.42 Å². The molecule has 0 bridgehead atoms. The van der Waals surface area contributed by atoms with Gasteiger partial charge in [0.1, 0.15) is 5.82 Å². The first-order valence-electron chi connectivity index (χ1n) is 5.45. The Kier molecular flexibility index (Phi) is 3.49. The Hall–Kier alpha value is -1.33. The number of aromatic carboxylic acids is 1. The van der Waals surface area contributed by atoms with Crippen LogP contribution >= 0.6 is 11.6 Å². The van der Waals surface area contributed by atoms with Crippen LogP contribution in [0.5, 0.6) is 0 Å². The quantitative estimate of drug-likeness (QED) is 0.849. The number of nitrogens with two attached hydrogens (primary N) is 1. The minimum Gasteiger partial charge on any atom is -0.478 e. The fourth-order valence-corrected chi connectivity index (χ4v) is 2.28. The van der Waals surface area contributed by atoms with E-state index >= 15 is 0 Å². The van der Waals surface area contributed by atoms with Gasteiger partial charge < -0.3 is 15.7 Å². The fraction of sp³-hybridized carbons (Fsp3) is 0.455. The molecule has 0 aromatic carbocycles. The number of anilines is 1. The maximum atomic E-state index is 10.8. The molecule has 0 aliphatic carbocycles. The number of pyridine rings is 1. The predicted molar refractivity (Wildman–Crippen MR) is 65.6 cm³/mol. The number of rotatable bonds is 3. The summed E-state index contributed by atoms with van der Waals surface area (Å²) in [6.45, 7) is 2.35. The lowest BCUT2D eigenvalue weighted by atomic mass is 10.1. The van der Waals surface area contributed by atoms with E-state index in [-0.39, 0.29) is 5.56 Å². The van der Waals surface area contributed by atoms with Crippen molar-refractivity contribution in [3.63, 3.8) is 0 Å². The van der Waals surface area contributed by atoms with E-state index in [0.29, 0.717) is 23.3 Å². The number of carboxylic acid groups (broad SMARTS) is 1. The first-order chi connectivity index (χ1) is 8.11. The highest BCUT2D eigenvalue weighted by Gasteiger charge is 2.24. The number of nitrogens with zero attached hydrogens (tertiary/aromatic N) is 2. The van der Waals surface area contributed by atoms with Crippen LogP contribution < -0.4 is 10.6 Å². The molecule has 2 heterocycles. The third kappa shape index (κ3) is 2.50. The van der Waals surface area contributed by atoms with Crippen molar-refractivity contribution >= 4 is 23.4 Å². The van der Waals surface area contributed by atoms with Crippen LogP contribution in [0.1, 0.15) is 16.8 Å². The second-order valence-corrected chi connectivity index (χ2v) is 4.58. The van der Waals surface area contributed by atoms with E-state index in [0.717, 1.165) is 19.5 Å². The Balaban J connectivity index is 2.20. The van der Waals surface area contributed by atoms with Crippen molar-refractivity contribution in [1.82, 2.24) is 4.98 Å². The molecule has 1 aromatic heterocycles. The van der Waals surface area contributed by atoms with E-state index in [1.807, 2.05) is 4.90 Å². The normalized spacial score (nSPS) is 19.6. The molecule has 0 spiro atoms. The molecule has 1 unspecified atom stereocenters. The maximum absolute atomic E-state index is 10.8. The third-order valence-electron chi connectivity index (χ3n) is 2.99. The van der Waals surface area contributed by atoms with Gasteiger partial charge in [-0.25, -0.2) is 9.78 Å². The highest BCUT2D eigenvalue weighted by Crippen LogP contribution is 2.28. The largest absolute Gasteiger partial charge is 0.478 e. The lowest BCUT2D eigenvalue weighted by Crippen LogP contribution is -2.23. The van der Waals surface area contributed by atoms with Crippen molar-refractivity contribution in [3.8, 4) is 0 Å². The van der Waals surface area contributed by atoms with Gasteiger partial charge in [0.25, 0.3) is 0 Å². The van der Waals surface area contributed by atoms with Crippen LogP contribution in [0, 0.1) is 5.92 Å². The van der Waals surface area contributed by atoms with Gasteiger partial charge in [0.15, 0.2) is 0 Å². The number of carboxylic acids is 1. The summed E-state index contributed by atoms with van der Waals surface area (Å²) in [6.07, 6.45) is 2.36. The lowest BCUT2D eigenvalue weighted by molar-refractivity contribution is 0.0696. The van der Waals surface area contributed by atoms with Crippen LogP contribution in [0.3, 0.4) is 0 Å². The summed E-state index contributed by atoms with van der Waals surface area (Å²) in [5, 5.41) is 9.19. The van der Waals surface area contributed by atoms with Gasteiger partial charge in [-0.05, 0) is 24.9 Å². The van der Waals surface area contributed by atoms with E-state index < -0.39 is 5.97 Å². The molecule has 1 aliphatic rings. The molecule has 6 heteroatoms. The Morgan fingerprint density at radius 3 is 3.00 bits per heavy atom. The van der Waals surface area contributed by atoms with Crippen LogP contribution in [0.2, 0.25) is 5.02 Å². The summed E-state index contributed by atoms with van der Waals surface area (Å²) in [5.74, 6) is 0.0897. The van der Waals surface area contributed by atoms with Gasteiger partial charge in [-0.2, -0.15) is 0 Å². The van der Waals surface area contributed by atoms with Crippen molar-refractivity contribution < 1.29 is 9.90 Å². The predicted octanol–water partition coefficient (Wildman–Crippen LogP) is 1.22. The van der Waals surface area contributed by atoms with Crippen molar-refractivity contribution in [2.75, 3.05) is 24.5 Å². The topological polar surface area (TPSA) is 79.5 Å². The second-order valence-electron chi connectivity index (χ2n) is 4.17. The third-order valence-corrected chi connectivity index (χ3v) is 3.27. The first-order valence-corrected chi connectivity index (χ1v) is 5.83. The molecule has 3 N–H and O–H groups in total. The minimum atomic E-state index is -1.02. The summed E-state index contributed by atoms with van der Waals surface area (Å²) in [4.78, 5) is 16.9. The van der Waals surface area contributed by atoms with Crippen LogP contribution in [0.4, 0.5) is 5.82 Å². The first kappa shape index (κ1) is 12.1. The van der Waals surface area contributed by atoms with Crippen molar-refractivity contribution in [3.05, 3.63) is 22.8 Å². The van der Waals surface area contributed by atoms with Gasteiger partial charge in [-0.3, -0.25) is 0 Å². The average Bonchev–Trinajstić information content (AvgIpc) is 2.77. The summed E-state index contributed by atoms with van der Waals surface area (Å²) >= 11 is 6.05. The number of aromatic nitrogens is 1. The molecule has 0 radical (unpaired) electrons. The SMILES string of the molecule is NCC1CCN(c2ncc(C(=O)O)cc2Cl)C1. The van der Waals surface area contributed by atoms with Crippen molar-refractivity contribution in [1.29, 1.82) is 0 Å². The Morgan fingerprint density at radius 2 is 2.47 bits per heavy atom. The van der Waals surface area contributed by atoms with E-state index in [2.05, 4.69) is 4.98 Å². The highest BCUT2D eigenvalue weighted by molar-refractivity contribution is 6.33. The molecule has 17 heavy (non-hydrogen) atoms. The minimum absolute atomic E-state index is 0.105. The van der Waals surface area contributed by atoms with Crippen LogP contribution in [0.25, 0.3) is 0 Å². The fourth-order valence-electron chi connectivity index (χ4n) is 2.00. The maximum Gasteiger partial charge on any atom is 0.337 e.